The number of rotatable bonds is 10. The van der Waals surface area contributed by atoms with Crippen LogP contribution in [0.15, 0.2) is 172 Å². The molecular formula is C111H138Br3FN18O8. The molecule has 0 radical (unpaired) electrons. The van der Waals surface area contributed by atoms with Gasteiger partial charge in [-0.2, -0.15) is 4.39 Å². The highest BCUT2D eigenvalue weighted by atomic mass is 79.9. The first-order chi connectivity index (χ1) is 65.3. The lowest BCUT2D eigenvalue weighted by atomic mass is 9.72. The van der Waals surface area contributed by atoms with E-state index in [1.807, 2.05) is 157 Å². The number of anilines is 5. The standard InChI is InChI=1S/C28H35N5O2.C23H23FN4O.C21H24BrN3O3.C18H20BrN3O.C16H16BrN3O.5CH4/c1-5-33-14-11-28(12-15-33)26-22-17-20(7-9-23(22)29-19-24(26)32(4)27(28)34)21-8-10-25(30-18-21)35-16-6-13-31(2)3;1-3-28-10-8-23(9-11-28)21-17-12-15(16-5-7-20(24)26-13-16)4-6-18(17)25-14-19(21)27(2)22(23)29;1-20(2,3)28-19(27)25-9-7-21(8-10-25)17-14-11-13(22)5-6-15(14)23-12-16(17)24(4)18(21)26;1-3-22-8-6-18(7-9-22)16-13-10-12(19)4-5-14(13)20-11-15(16)21(2)17(18)23;1-20-13-9-19-12-3-2-10(17)8-11(12)14(13)16(15(20)21)4-6-18-7-5-16;;;;;/h7-10,17-19H,5-6,11-16H2,1-4H3;4-7,12-14H,3,8-11H2,1-2H3;5-6,11-12H,7-10H2,1-4H3;4-5,10-11H,3,6-9H2,1-2H3;2-3,8-9,18H,4-7H2,1H3;5*1H4. The maximum absolute atomic E-state index is 13.6. The number of aromatic nitrogens is 7. The van der Waals surface area contributed by atoms with Crippen molar-refractivity contribution < 1.29 is 42.6 Å². The van der Waals surface area contributed by atoms with E-state index in [4.69, 9.17) is 14.5 Å². The van der Waals surface area contributed by atoms with Crippen LogP contribution in [0, 0.1) is 5.95 Å². The lowest BCUT2D eigenvalue weighted by molar-refractivity contribution is -0.125. The predicted molar refractivity (Wildman–Crippen MR) is 579 cm³/mol. The van der Waals surface area contributed by atoms with Crippen LogP contribution in [0.4, 0.5) is 37.6 Å². The van der Waals surface area contributed by atoms with Gasteiger partial charge in [-0.1, -0.05) is 118 Å². The van der Waals surface area contributed by atoms with Gasteiger partial charge in [-0.05, 0) is 286 Å². The van der Waals surface area contributed by atoms with Gasteiger partial charge < -0.3 is 63.8 Å². The first-order valence-electron chi connectivity index (χ1n) is 47.5. The molecule has 17 heterocycles. The quantitative estimate of drug-likeness (QED) is 0.0986. The van der Waals surface area contributed by atoms with Gasteiger partial charge in [0.1, 0.15) is 5.60 Å². The van der Waals surface area contributed by atoms with Crippen LogP contribution in [0.1, 0.15) is 177 Å². The van der Waals surface area contributed by atoms with E-state index < -0.39 is 27.8 Å². The molecule has 26 nitrogen and oxygen atoms in total. The normalized spacial score (nSPS) is 18.2. The molecule has 5 saturated heterocycles. The minimum Gasteiger partial charge on any atom is -0.478 e. The van der Waals surface area contributed by atoms with Gasteiger partial charge in [0.15, 0.2) is 0 Å². The monoisotopic (exact) mass is 2110 g/mol. The number of hydrogen-bond donors (Lipinski definition) is 1. The molecule has 5 spiro atoms. The number of carbonyl (C=O) groups excluding carboxylic acids is 6. The average Bonchev–Trinajstić information content (AvgIpc) is 1.58. The summed E-state index contributed by atoms with van der Waals surface area (Å²) in [6.45, 7) is 25.3. The summed E-state index contributed by atoms with van der Waals surface area (Å²) >= 11 is 10.7. The molecule has 0 atom stereocenters. The summed E-state index contributed by atoms with van der Waals surface area (Å²) in [5.41, 5.74) is 15.9. The molecule has 0 bridgehead atoms. The molecule has 5 fully saturated rings. The predicted octanol–water partition coefficient (Wildman–Crippen LogP) is 21.1. The van der Waals surface area contributed by atoms with Crippen molar-refractivity contribution in [2.45, 2.75) is 182 Å². The molecule has 0 unspecified atom stereocenters. The molecule has 0 aliphatic carbocycles. The second kappa shape index (κ2) is 42.9. The first kappa shape index (κ1) is 107. The average molecular weight is 2110 g/mol. The van der Waals surface area contributed by atoms with E-state index in [0.29, 0.717) is 38.4 Å². The Morgan fingerprint density at radius 2 is 0.681 bits per heavy atom. The minimum absolute atomic E-state index is 0. The largest absolute Gasteiger partial charge is 0.478 e. The van der Waals surface area contributed by atoms with Crippen molar-refractivity contribution in [3.8, 4) is 28.1 Å². The van der Waals surface area contributed by atoms with E-state index in [0.717, 1.165) is 272 Å². The lowest BCUT2D eigenvalue weighted by Crippen LogP contribution is -2.50. The van der Waals surface area contributed by atoms with E-state index in [9.17, 15) is 33.2 Å². The van der Waals surface area contributed by atoms with Gasteiger partial charge in [0.2, 0.25) is 41.4 Å². The van der Waals surface area contributed by atoms with Crippen molar-refractivity contribution in [2.24, 2.45) is 0 Å². The Morgan fingerprint density at radius 1 is 0.390 bits per heavy atom. The Balaban J connectivity index is 0.000000148. The highest BCUT2D eigenvalue weighted by Gasteiger charge is 2.58. The van der Waals surface area contributed by atoms with Gasteiger partial charge in [0, 0.05) is 153 Å². The van der Waals surface area contributed by atoms with Crippen molar-refractivity contribution in [3.05, 3.63) is 206 Å². The number of ether oxygens (including phenoxy) is 2. The zero-order valence-corrected chi connectivity index (χ0v) is 84.5. The maximum atomic E-state index is 13.6. The number of carbonyl (C=O) groups is 6. The summed E-state index contributed by atoms with van der Waals surface area (Å²) in [6, 6.07) is 37.7. The molecule has 0 saturated carbocycles. The molecule has 22 rings (SSSR count). The molecule has 1 N–H and O–H groups in total. The number of nitrogens with zero attached hydrogens (tertiary/aromatic N) is 17. The topological polar surface area (TPSA) is 256 Å². The molecule has 12 aromatic rings. The van der Waals surface area contributed by atoms with Gasteiger partial charge in [-0.25, -0.2) is 14.8 Å². The van der Waals surface area contributed by atoms with Gasteiger partial charge >= 0.3 is 6.09 Å². The third-order valence-electron chi connectivity index (χ3n) is 30.2. The van der Waals surface area contributed by atoms with Gasteiger partial charge in [0.25, 0.3) is 0 Å². The second-order valence-electron chi connectivity index (χ2n) is 39.1. The van der Waals surface area contributed by atoms with Crippen molar-refractivity contribution >= 4 is 166 Å². The van der Waals surface area contributed by atoms with Crippen LogP contribution in [0.3, 0.4) is 0 Å². The Labute approximate surface area is 855 Å². The van der Waals surface area contributed by atoms with Crippen molar-refractivity contribution in [3.63, 3.8) is 0 Å². The summed E-state index contributed by atoms with van der Waals surface area (Å²) < 4.78 is 27.6. The maximum Gasteiger partial charge on any atom is 0.410 e. The summed E-state index contributed by atoms with van der Waals surface area (Å²) in [4.78, 5) is 130. The van der Waals surface area contributed by atoms with E-state index in [2.05, 4.69) is 180 Å². The van der Waals surface area contributed by atoms with E-state index in [1.54, 1.807) is 38.1 Å². The van der Waals surface area contributed by atoms with Crippen LogP contribution < -0.4 is 34.6 Å². The fraction of sp³-hybridized carbons (Fsp3) is 0.450. The summed E-state index contributed by atoms with van der Waals surface area (Å²) in [7, 11) is 13.4. The molecule has 7 aromatic heterocycles. The highest BCUT2D eigenvalue weighted by Crippen LogP contribution is 2.57. The number of fused-ring (bicyclic) bond motifs is 20. The van der Waals surface area contributed by atoms with Crippen LogP contribution in [0.2, 0.25) is 0 Å². The van der Waals surface area contributed by atoms with E-state index in [-0.39, 0.29) is 83.6 Å². The fourth-order valence-corrected chi connectivity index (χ4v) is 23.8. The molecule has 10 aliphatic rings. The number of likely N-dealkylation sites (N-methyl/N-ethyl adjacent to an activating group) is 5. The van der Waals surface area contributed by atoms with E-state index in [1.165, 1.54) is 17.2 Å². The number of amides is 6. The number of likely N-dealkylation sites (tertiary alicyclic amines) is 4. The van der Waals surface area contributed by atoms with Crippen LogP contribution in [0.25, 0.3) is 76.8 Å². The molecule has 6 amide bonds. The lowest BCUT2D eigenvalue weighted by Gasteiger charge is -2.39. The van der Waals surface area contributed by atoms with Crippen LogP contribution in [-0.2, 0) is 55.8 Å². The van der Waals surface area contributed by atoms with Crippen LogP contribution >= 0.6 is 47.8 Å². The zero-order valence-electron chi connectivity index (χ0n) is 79.8. The van der Waals surface area contributed by atoms with Gasteiger partial charge in [-0.15, -0.1) is 0 Å². The van der Waals surface area contributed by atoms with Crippen molar-refractivity contribution in [2.75, 3.05) is 172 Å². The highest BCUT2D eigenvalue weighted by molar-refractivity contribution is 9.11. The smallest absolute Gasteiger partial charge is 0.410 e. The number of benzene rings is 5. The van der Waals surface area contributed by atoms with Gasteiger partial charge in [-0.3, -0.25) is 48.9 Å². The van der Waals surface area contributed by atoms with Gasteiger partial charge in [0.05, 0.1) is 121 Å². The third-order valence-corrected chi connectivity index (χ3v) is 31.7. The van der Waals surface area contributed by atoms with Crippen LogP contribution in [-0.4, -0.2) is 248 Å². The molecule has 10 aliphatic heterocycles. The number of piperidine rings is 5. The SMILES string of the molecule is C.C.C.C.C.CCN1CCC2(CC1)C(=O)N(C)c1cnc3ccc(-c4ccc(F)nc4)cc3c12.CCN1CCC2(CC1)C(=O)N(C)c1cnc3ccc(-c4ccc(OCCCN(C)C)nc4)cc3c12.CCN1CCC2(CC1)C(=O)N(C)c1cnc3ccc(Br)cc3c12.CN1C(=O)C2(CCN(C(=O)OC(C)(C)C)CC2)c2c1cnc1ccc(Br)cc21.CN1C(=O)C2(CCNCC2)c2c1cnc1ccc(Br)cc21. The molecule has 5 aromatic carbocycles. The fourth-order valence-electron chi connectivity index (χ4n) is 22.7. The zero-order chi connectivity index (χ0) is 95.8. The Morgan fingerprint density at radius 3 is 0.972 bits per heavy atom. The Hall–Kier alpha value is -11.0. The van der Waals surface area contributed by atoms with Crippen molar-refractivity contribution in [1.82, 2.24) is 64.7 Å². The number of nitrogens with one attached hydrogen (secondary N) is 1. The summed E-state index contributed by atoms with van der Waals surface area (Å²) in [5, 5.41) is 8.65. The molecule has 748 valence electrons. The van der Waals surface area contributed by atoms with Crippen LogP contribution in [0.5, 0.6) is 5.88 Å². The molecular weight excluding hydrogens is 1970 g/mol. The molecule has 141 heavy (non-hydrogen) atoms. The van der Waals surface area contributed by atoms with Crippen molar-refractivity contribution in [1.29, 1.82) is 0 Å². The Kier molecular flexibility index (Phi) is 32.7. The second-order valence-corrected chi connectivity index (χ2v) is 41.8. The summed E-state index contributed by atoms with van der Waals surface area (Å²) in [6.07, 6.45) is 21.2. The number of pyridine rings is 7. The minimum atomic E-state index is -0.620. The summed E-state index contributed by atoms with van der Waals surface area (Å²) in [5.74, 6) is 1.06. The number of halogens is 4. The number of hydrogen-bond acceptors (Lipinski definition) is 20. The Bertz CT molecular complexity index is 6680. The first-order valence-corrected chi connectivity index (χ1v) is 49.9. The third kappa shape index (κ3) is 19.5. The molecule has 30 heteroatoms. The van der Waals surface area contributed by atoms with E-state index >= 15 is 0 Å².